The molecule has 0 spiro atoms. The number of hydrogen-bond donors (Lipinski definition) is 1. The molecule has 0 bridgehead atoms. The van der Waals surface area contributed by atoms with Crippen molar-refractivity contribution in [1.82, 2.24) is 5.32 Å². The molecule has 0 aliphatic heterocycles. The van der Waals surface area contributed by atoms with Gasteiger partial charge in [0.1, 0.15) is 11.6 Å². The van der Waals surface area contributed by atoms with E-state index in [-0.39, 0.29) is 11.9 Å². The van der Waals surface area contributed by atoms with Crippen molar-refractivity contribution in [3.05, 3.63) is 58.3 Å². The fourth-order valence-electron chi connectivity index (χ4n) is 2.17. The molecule has 0 fully saturated rings. The van der Waals surface area contributed by atoms with Gasteiger partial charge in [-0.15, -0.1) is 0 Å². The molecule has 1 heterocycles. The lowest BCUT2D eigenvalue weighted by Crippen LogP contribution is -2.23. The number of aryl methyl sites for hydroxylation is 1. The third kappa shape index (κ3) is 3.37. The summed E-state index contributed by atoms with van der Waals surface area (Å²) in [5.74, 6) is 0.605. The molecule has 0 radical (unpaired) electrons. The van der Waals surface area contributed by atoms with Gasteiger partial charge >= 0.3 is 0 Å². The highest BCUT2D eigenvalue weighted by Gasteiger charge is 2.18. The van der Waals surface area contributed by atoms with Gasteiger partial charge in [-0.1, -0.05) is 18.5 Å². The van der Waals surface area contributed by atoms with Crippen LogP contribution in [0.4, 0.5) is 4.39 Å². The molecule has 2 rings (SSSR count). The Bertz CT molecular complexity index is 553. The summed E-state index contributed by atoms with van der Waals surface area (Å²) in [7, 11) is 0. The van der Waals surface area contributed by atoms with Crippen LogP contribution in [0.25, 0.3) is 0 Å². The van der Waals surface area contributed by atoms with Gasteiger partial charge in [-0.2, -0.15) is 0 Å². The summed E-state index contributed by atoms with van der Waals surface area (Å²) in [6.07, 6.45) is 2.26. The SMILES string of the molecule is CCNC(Cc1cc(F)ccc1Cl)c1occc1C. The molecule has 4 heteroatoms. The quantitative estimate of drug-likeness (QED) is 0.885. The summed E-state index contributed by atoms with van der Waals surface area (Å²) in [6, 6.07) is 6.35. The van der Waals surface area contributed by atoms with Crippen LogP contribution in [-0.2, 0) is 6.42 Å². The molecular formula is C15H17ClFNO. The molecule has 0 aliphatic carbocycles. The van der Waals surface area contributed by atoms with E-state index in [0.717, 1.165) is 23.4 Å². The molecule has 19 heavy (non-hydrogen) atoms. The predicted octanol–water partition coefficient (Wildman–Crippen LogP) is 4.27. The fraction of sp³-hybridized carbons (Fsp3) is 0.333. The number of likely N-dealkylation sites (N-methyl/N-ethyl adjacent to an activating group) is 1. The lowest BCUT2D eigenvalue weighted by molar-refractivity contribution is 0.413. The van der Waals surface area contributed by atoms with Crippen molar-refractivity contribution >= 4 is 11.6 Å². The van der Waals surface area contributed by atoms with Crippen LogP contribution < -0.4 is 5.32 Å². The summed E-state index contributed by atoms with van der Waals surface area (Å²) < 4.78 is 18.8. The van der Waals surface area contributed by atoms with Gasteiger partial charge in [0.05, 0.1) is 12.3 Å². The highest BCUT2D eigenvalue weighted by Crippen LogP contribution is 2.26. The maximum atomic E-state index is 13.3. The number of rotatable bonds is 5. The first-order chi connectivity index (χ1) is 9.11. The monoisotopic (exact) mass is 281 g/mol. The first-order valence-electron chi connectivity index (χ1n) is 6.33. The first kappa shape index (κ1) is 14.1. The maximum absolute atomic E-state index is 13.3. The van der Waals surface area contributed by atoms with Crippen molar-refractivity contribution in [2.75, 3.05) is 6.54 Å². The van der Waals surface area contributed by atoms with Gasteiger partial charge in [0.2, 0.25) is 0 Å². The van der Waals surface area contributed by atoms with Crippen LogP contribution in [0.2, 0.25) is 5.02 Å². The van der Waals surface area contributed by atoms with Gasteiger partial charge in [-0.05, 0) is 55.3 Å². The second-order valence-electron chi connectivity index (χ2n) is 4.52. The third-order valence-corrected chi connectivity index (χ3v) is 3.47. The normalized spacial score (nSPS) is 12.6. The van der Waals surface area contributed by atoms with Gasteiger partial charge in [0.25, 0.3) is 0 Å². The van der Waals surface area contributed by atoms with Crippen molar-refractivity contribution in [3.8, 4) is 0 Å². The average Bonchev–Trinajstić information content (AvgIpc) is 2.79. The largest absolute Gasteiger partial charge is 0.467 e. The molecule has 2 nitrogen and oxygen atoms in total. The molecule has 1 atom stereocenters. The van der Waals surface area contributed by atoms with E-state index in [1.165, 1.54) is 12.1 Å². The number of halogens is 2. The van der Waals surface area contributed by atoms with Crippen LogP contribution in [0.1, 0.15) is 29.9 Å². The van der Waals surface area contributed by atoms with E-state index < -0.39 is 0 Å². The lowest BCUT2D eigenvalue weighted by Gasteiger charge is -2.17. The number of hydrogen-bond acceptors (Lipinski definition) is 2. The van der Waals surface area contributed by atoms with E-state index >= 15 is 0 Å². The van der Waals surface area contributed by atoms with Crippen LogP contribution in [0.15, 0.2) is 34.9 Å². The molecule has 1 aromatic heterocycles. The van der Waals surface area contributed by atoms with Crippen molar-refractivity contribution in [1.29, 1.82) is 0 Å². The second kappa shape index (κ2) is 6.22. The van der Waals surface area contributed by atoms with Crippen LogP contribution in [0, 0.1) is 12.7 Å². The van der Waals surface area contributed by atoms with E-state index in [1.54, 1.807) is 12.3 Å². The zero-order valence-corrected chi connectivity index (χ0v) is 11.8. The molecule has 0 saturated heterocycles. The van der Waals surface area contributed by atoms with Crippen LogP contribution in [0.5, 0.6) is 0 Å². The van der Waals surface area contributed by atoms with Crippen molar-refractivity contribution in [2.24, 2.45) is 0 Å². The standard InChI is InChI=1S/C15H17ClFNO/c1-3-18-14(15-10(2)6-7-19-15)9-11-8-12(17)4-5-13(11)16/h4-8,14,18H,3,9H2,1-2H3. The van der Waals surface area contributed by atoms with Crippen LogP contribution >= 0.6 is 11.6 Å². The Balaban J connectivity index is 2.26. The number of nitrogens with one attached hydrogen (secondary N) is 1. The van der Waals surface area contributed by atoms with Gasteiger partial charge in [0, 0.05) is 5.02 Å². The zero-order valence-electron chi connectivity index (χ0n) is 11.0. The lowest BCUT2D eigenvalue weighted by atomic mass is 10.0. The molecule has 0 aliphatic rings. The van der Waals surface area contributed by atoms with E-state index in [2.05, 4.69) is 5.32 Å². The summed E-state index contributed by atoms with van der Waals surface area (Å²) in [5.41, 5.74) is 1.86. The second-order valence-corrected chi connectivity index (χ2v) is 4.93. The minimum atomic E-state index is -0.272. The average molecular weight is 282 g/mol. The topological polar surface area (TPSA) is 25.2 Å². The third-order valence-electron chi connectivity index (χ3n) is 3.10. The van der Waals surface area contributed by atoms with E-state index in [1.807, 2.05) is 19.9 Å². The van der Waals surface area contributed by atoms with Crippen molar-refractivity contribution < 1.29 is 8.81 Å². The summed E-state index contributed by atoms with van der Waals surface area (Å²) in [6.45, 7) is 4.83. The van der Waals surface area contributed by atoms with E-state index in [0.29, 0.717) is 11.4 Å². The molecule has 0 saturated carbocycles. The Morgan fingerprint density at radius 2 is 2.16 bits per heavy atom. The Morgan fingerprint density at radius 1 is 1.37 bits per heavy atom. The molecule has 1 unspecified atom stereocenters. The smallest absolute Gasteiger partial charge is 0.123 e. The van der Waals surface area contributed by atoms with Crippen LogP contribution in [0.3, 0.4) is 0 Å². The number of benzene rings is 1. The van der Waals surface area contributed by atoms with Crippen molar-refractivity contribution in [3.63, 3.8) is 0 Å². The Hall–Kier alpha value is -1.32. The molecule has 1 aromatic carbocycles. The molecular weight excluding hydrogens is 265 g/mol. The molecule has 1 N–H and O–H groups in total. The molecule has 2 aromatic rings. The zero-order chi connectivity index (χ0) is 13.8. The molecule has 0 amide bonds. The number of furan rings is 1. The van der Waals surface area contributed by atoms with E-state index in [9.17, 15) is 4.39 Å². The maximum Gasteiger partial charge on any atom is 0.123 e. The van der Waals surface area contributed by atoms with Crippen molar-refractivity contribution in [2.45, 2.75) is 26.3 Å². The van der Waals surface area contributed by atoms with Crippen LogP contribution in [-0.4, -0.2) is 6.54 Å². The van der Waals surface area contributed by atoms with Gasteiger partial charge in [0.15, 0.2) is 0 Å². The summed E-state index contributed by atoms with van der Waals surface area (Å²) in [5, 5.41) is 3.92. The Labute approximate surface area is 117 Å². The fourth-order valence-corrected chi connectivity index (χ4v) is 2.36. The highest BCUT2D eigenvalue weighted by molar-refractivity contribution is 6.31. The van der Waals surface area contributed by atoms with Gasteiger partial charge < -0.3 is 9.73 Å². The Kier molecular flexibility index (Phi) is 4.61. The summed E-state index contributed by atoms with van der Waals surface area (Å²) in [4.78, 5) is 0. The molecule has 102 valence electrons. The van der Waals surface area contributed by atoms with E-state index in [4.69, 9.17) is 16.0 Å². The first-order valence-corrected chi connectivity index (χ1v) is 6.71. The Morgan fingerprint density at radius 3 is 2.79 bits per heavy atom. The summed E-state index contributed by atoms with van der Waals surface area (Å²) >= 11 is 6.12. The highest BCUT2D eigenvalue weighted by atomic mass is 35.5. The minimum Gasteiger partial charge on any atom is -0.467 e. The van der Waals surface area contributed by atoms with Gasteiger partial charge in [-0.3, -0.25) is 0 Å². The minimum absolute atomic E-state index is 0.000648. The predicted molar refractivity (Wildman–Crippen MR) is 75.0 cm³/mol. The van der Waals surface area contributed by atoms with Gasteiger partial charge in [-0.25, -0.2) is 4.39 Å².